The molecule has 0 aliphatic rings. The lowest BCUT2D eigenvalue weighted by Crippen LogP contribution is -2.25. The van der Waals surface area contributed by atoms with Gasteiger partial charge in [0, 0.05) is 13.0 Å². The average molecular weight is 283 g/mol. The highest BCUT2D eigenvalue weighted by Gasteiger charge is 2.03. The van der Waals surface area contributed by atoms with Crippen LogP contribution in [0.2, 0.25) is 0 Å². The van der Waals surface area contributed by atoms with Crippen molar-refractivity contribution in [3.8, 4) is 12.3 Å². The van der Waals surface area contributed by atoms with Gasteiger partial charge in [0.05, 0.1) is 6.61 Å². The number of carbonyl (C=O) groups excluding carboxylic acids is 2. The second kappa shape index (κ2) is 13.7. The van der Waals surface area contributed by atoms with Crippen LogP contribution in [0.5, 0.6) is 0 Å². The molecule has 0 radical (unpaired) electrons. The van der Waals surface area contributed by atoms with Gasteiger partial charge in [-0.3, -0.25) is 4.79 Å². The quantitative estimate of drug-likeness (QED) is 0.360. The van der Waals surface area contributed by atoms with Gasteiger partial charge in [-0.2, -0.15) is 0 Å². The van der Waals surface area contributed by atoms with Crippen molar-refractivity contribution in [2.45, 2.75) is 51.9 Å². The first kappa shape index (κ1) is 18.3. The SMILES string of the molecule is C#CCOC(=O)NCCCCCC(=O)OCCCCC. The third-order valence-corrected chi connectivity index (χ3v) is 2.62. The summed E-state index contributed by atoms with van der Waals surface area (Å²) in [5.41, 5.74) is 0. The molecule has 0 atom stereocenters. The first-order chi connectivity index (χ1) is 9.70. The van der Waals surface area contributed by atoms with Crippen LogP contribution in [0, 0.1) is 12.3 Å². The third-order valence-electron chi connectivity index (χ3n) is 2.62. The number of unbranched alkanes of at least 4 members (excludes halogenated alkanes) is 4. The second-order valence-corrected chi connectivity index (χ2v) is 4.45. The van der Waals surface area contributed by atoms with Gasteiger partial charge in [0.15, 0.2) is 6.61 Å². The molecule has 0 aliphatic carbocycles. The topological polar surface area (TPSA) is 64.6 Å². The lowest BCUT2D eigenvalue weighted by Gasteiger charge is -2.05. The van der Waals surface area contributed by atoms with E-state index in [9.17, 15) is 9.59 Å². The lowest BCUT2D eigenvalue weighted by molar-refractivity contribution is -0.143. The Balaban J connectivity index is 3.29. The normalized spacial score (nSPS) is 9.60. The molecule has 5 nitrogen and oxygen atoms in total. The van der Waals surface area contributed by atoms with E-state index >= 15 is 0 Å². The molecule has 0 aromatic heterocycles. The summed E-state index contributed by atoms with van der Waals surface area (Å²) in [5.74, 6) is 2.08. The maximum atomic E-state index is 11.3. The number of hydrogen-bond acceptors (Lipinski definition) is 4. The van der Waals surface area contributed by atoms with E-state index in [4.69, 9.17) is 11.2 Å². The number of terminal acetylenes is 1. The maximum Gasteiger partial charge on any atom is 0.408 e. The number of rotatable bonds is 11. The summed E-state index contributed by atoms with van der Waals surface area (Å²) >= 11 is 0. The van der Waals surface area contributed by atoms with E-state index in [0.29, 0.717) is 19.6 Å². The molecule has 1 N–H and O–H groups in total. The van der Waals surface area contributed by atoms with Crippen molar-refractivity contribution in [2.75, 3.05) is 19.8 Å². The Bertz CT molecular complexity index is 309. The molecule has 0 spiro atoms. The molecule has 0 aromatic carbocycles. The number of esters is 1. The second-order valence-electron chi connectivity index (χ2n) is 4.45. The Kier molecular flexibility index (Phi) is 12.6. The number of ether oxygens (including phenoxy) is 2. The van der Waals surface area contributed by atoms with E-state index in [2.05, 4.69) is 22.9 Å². The highest BCUT2D eigenvalue weighted by atomic mass is 16.5. The molecule has 0 unspecified atom stereocenters. The van der Waals surface area contributed by atoms with Crippen molar-refractivity contribution in [1.29, 1.82) is 0 Å². The minimum Gasteiger partial charge on any atom is -0.466 e. The number of nitrogens with one attached hydrogen (secondary N) is 1. The molecule has 0 aromatic rings. The van der Waals surface area contributed by atoms with Crippen LogP contribution in [0.3, 0.4) is 0 Å². The Labute approximate surface area is 121 Å². The molecule has 0 rings (SSSR count). The van der Waals surface area contributed by atoms with Gasteiger partial charge in [0.2, 0.25) is 0 Å². The predicted octanol–water partition coefficient (Wildman–Crippen LogP) is 2.64. The molecule has 0 aliphatic heterocycles. The van der Waals surface area contributed by atoms with Gasteiger partial charge in [0.25, 0.3) is 0 Å². The summed E-state index contributed by atoms with van der Waals surface area (Å²) in [6.07, 6.45) is 10.5. The van der Waals surface area contributed by atoms with Gasteiger partial charge in [-0.15, -0.1) is 6.42 Å². The van der Waals surface area contributed by atoms with Gasteiger partial charge in [-0.1, -0.05) is 32.1 Å². The molecule has 114 valence electrons. The number of hydrogen-bond donors (Lipinski definition) is 1. The van der Waals surface area contributed by atoms with E-state index in [-0.39, 0.29) is 12.6 Å². The molecule has 1 amide bonds. The zero-order valence-electron chi connectivity index (χ0n) is 12.3. The van der Waals surface area contributed by atoms with E-state index in [1.807, 2.05) is 0 Å². The van der Waals surface area contributed by atoms with E-state index < -0.39 is 6.09 Å². The summed E-state index contributed by atoms with van der Waals surface area (Å²) in [6.45, 7) is 3.14. The summed E-state index contributed by atoms with van der Waals surface area (Å²) in [7, 11) is 0. The van der Waals surface area contributed by atoms with Crippen LogP contribution < -0.4 is 5.32 Å². The van der Waals surface area contributed by atoms with Gasteiger partial charge < -0.3 is 14.8 Å². The average Bonchev–Trinajstić information content (AvgIpc) is 2.45. The number of amides is 1. The zero-order valence-corrected chi connectivity index (χ0v) is 12.3. The van der Waals surface area contributed by atoms with Crippen molar-refractivity contribution in [2.24, 2.45) is 0 Å². The molecule has 0 saturated carbocycles. The van der Waals surface area contributed by atoms with Gasteiger partial charge in [-0.25, -0.2) is 4.79 Å². The Hall–Kier alpha value is -1.70. The van der Waals surface area contributed by atoms with Crippen LogP contribution in [0.25, 0.3) is 0 Å². The summed E-state index contributed by atoms with van der Waals surface area (Å²) in [5, 5.41) is 2.58. The molecule has 0 bridgehead atoms. The van der Waals surface area contributed by atoms with Crippen molar-refractivity contribution in [3.63, 3.8) is 0 Å². The molecule has 0 heterocycles. The van der Waals surface area contributed by atoms with Crippen LogP contribution in [0.1, 0.15) is 51.9 Å². The Morgan fingerprint density at radius 1 is 1.10 bits per heavy atom. The Morgan fingerprint density at radius 3 is 2.60 bits per heavy atom. The number of carbonyl (C=O) groups is 2. The summed E-state index contributed by atoms with van der Waals surface area (Å²) in [4.78, 5) is 22.3. The number of alkyl carbamates (subject to hydrolysis) is 1. The van der Waals surface area contributed by atoms with E-state index in [1.54, 1.807) is 0 Å². The molecule has 5 heteroatoms. The maximum absolute atomic E-state index is 11.3. The monoisotopic (exact) mass is 283 g/mol. The summed E-state index contributed by atoms with van der Waals surface area (Å²) < 4.78 is 9.73. The third kappa shape index (κ3) is 12.7. The highest BCUT2D eigenvalue weighted by Crippen LogP contribution is 2.02. The molecule has 0 saturated heterocycles. The van der Waals surface area contributed by atoms with Crippen LogP contribution in [0.4, 0.5) is 4.79 Å². The minimum atomic E-state index is -0.502. The Morgan fingerprint density at radius 2 is 1.90 bits per heavy atom. The van der Waals surface area contributed by atoms with Crippen molar-refractivity contribution in [1.82, 2.24) is 5.32 Å². The highest BCUT2D eigenvalue weighted by molar-refractivity contribution is 5.69. The van der Waals surface area contributed by atoms with Crippen molar-refractivity contribution in [3.05, 3.63) is 0 Å². The minimum absolute atomic E-state index is 0.0181. The molecular formula is C15H25NO4. The van der Waals surface area contributed by atoms with Crippen LogP contribution >= 0.6 is 0 Å². The fourth-order valence-electron chi connectivity index (χ4n) is 1.53. The van der Waals surface area contributed by atoms with Crippen molar-refractivity contribution >= 4 is 12.1 Å². The largest absolute Gasteiger partial charge is 0.466 e. The zero-order chi connectivity index (χ0) is 15.1. The fourth-order valence-corrected chi connectivity index (χ4v) is 1.53. The molecular weight excluding hydrogens is 258 g/mol. The lowest BCUT2D eigenvalue weighted by atomic mass is 10.2. The van der Waals surface area contributed by atoms with Gasteiger partial charge >= 0.3 is 12.1 Å². The first-order valence-corrected chi connectivity index (χ1v) is 7.20. The molecule has 20 heavy (non-hydrogen) atoms. The van der Waals surface area contributed by atoms with Crippen LogP contribution in [0.15, 0.2) is 0 Å². The first-order valence-electron chi connectivity index (χ1n) is 7.20. The van der Waals surface area contributed by atoms with Crippen molar-refractivity contribution < 1.29 is 19.1 Å². The van der Waals surface area contributed by atoms with E-state index in [0.717, 1.165) is 38.5 Å². The van der Waals surface area contributed by atoms with E-state index in [1.165, 1.54) is 0 Å². The van der Waals surface area contributed by atoms with Gasteiger partial charge in [0.1, 0.15) is 0 Å². The fraction of sp³-hybridized carbons (Fsp3) is 0.733. The van der Waals surface area contributed by atoms with Gasteiger partial charge in [-0.05, 0) is 19.3 Å². The standard InChI is InChI=1S/C15H25NO4/c1-3-5-9-13-19-14(17)10-7-6-8-11-16-15(18)20-12-4-2/h2H,3,5-13H2,1H3,(H,16,18). The predicted molar refractivity (Wildman–Crippen MR) is 77.1 cm³/mol. The molecule has 0 fully saturated rings. The smallest absolute Gasteiger partial charge is 0.408 e. The van der Waals surface area contributed by atoms with Crippen LogP contribution in [-0.4, -0.2) is 31.8 Å². The summed E-state index contributed by atoms with van der Waals surface area (Å²) in [6, 6.07) is 0. The van der Waals surface area contributed by atoms with Crippen LogP contribution in [-0.2, 0) is 14.3 Å².